The zero-order valence-electron chi connectivity index (χ0n) is 12.6. The van der Waals surface area contributed by atoms with Crippen molar-refractivity contribution in [3.05, 3.63) is 50.6 Å². The van der Waals surface area contributed by atoms with E-state index < -0.39 is 0 Å². The van der Waals surface area contributed by atoms with Crippen LogP contribution in [0.5, 0.6) is 5.75 Å². The van der Waals surface area contributed by atoms with E-state index in [0.717, 1.165) is 36.2 Å². The van der Waals surface area contributed by atoms with Crippen molar-refractivity contribution in [2.75, 3.05) is 13.2 Å². The lowest BCUT2D eigenvalue weighted by atomic mass is 10.0. The van der Waals surface area contributed by atoms with Crippen LogP contribution in [0, 0.1) is 0 Å². The third-order valence-electron chi connectivity index (χ3n) is 3.18. The van der Waals surface area contributed by atoms with Gasteiger partial charge in [0.2, 0.25) is 0 Å². The highest BCUT2D eigenvalue weighted by Gasteiger charge is 2.15. The summed E-state index contributed by atoms with van der Waals surface area (Å²) in [4.78, 5) is 1.34. The minimum Gasteiger partial charge on any atom is -0.492 e. The van der Waals surface area contributed by atoms with Gasteiger partial charge in [-0.1, -0.05) is 26.0 Å². The molecule has 1 atom stereocenters. The van der Waals surface area contributed by atoms with Crippen LogP contribution >= 0.6 is 27.3 Å². The van der Waals surface area contributed by atoms with E-state index in [2.05, 4.69) is 70.8 Å². The lowest BCUT2D eigenvalue weighted by Crippen LogP contribution is -2.22. The zero-order chi connectivity index (χ0) is 15.1. The molecule has 0 saturated heterocycles. The average Bonchev–Trinajstić information content (AvgIpc) is 3.01. The maximum Gasteiger partial charge on any atom is 0.133 e. The minimum atomic E-state index is 0.251. The molecule has 0 radical (unpaired) electrons. The van der Waals surface area contributed by atoms with Crippen LogP contribution in [0.4, 0.5) is 0 Å². The van der Waals surface area contributed by atoms with Crippen molar-refractivity contribution in [1.82, 2.24) is 5.32 Å². The summed E-state index contributed by atoms with van der Waals surface area (Å²) in [6.45, 7) is 6.06. The van der Waals surface area contributed by atoms with Gasteiger partial charge in [0.15, 0.2) is 0 Å². The van der Waals surface area contributed by atoms with Gasteiger partial charge in [0.05, 0.1) is 17.1 Å². The monoisotopic (exact) mass is 367 g/mol. The van der Waals surface area contributed by atoms with Crippen LogP contribution in [0.2, 0.25) is 0 Å². The molecule has 0 aliphatic rings. The molecule has 114 valence electrons. The molecule has 0 fully saturated rings. The largest absolute Gasteiger partial charge is 0.492 e. The van der Waals surface area contributed by atoms with E-state index in [9.17, 15) is 0 Å². The summed E-state index contributed by atoms with van der Waals surface area (Å²) in [5.41, 5.74) is 1.27. The summed E-state index contributed by atoms with van der Waals surface area (Å²) in [6.07, 6.45) is 2.14. The zero-order valence-corrected chi connectivity index (χ0v) is 15.0. The Balaban J connectivity index is 2.21. The Kier molecular flexibility index (Phi) is 6.74. The van der Waals surface area contributed by atoms with Crippen LogP contribution < -0.4 is 10.1 Å². The van der Waals surface area contributed by atoms with Crippen LogP contribution in [0.1, 0.15) is 43.2 Å². The summed E-state index contributed by atoms with van der Waals surface area (Å²) in [6, 6.07) is 10.9. The van der Waals surface area contributed by atoms with Gasteiger partial charge in [0.25, 0.3) is 0 Å². The van der Waals surface area contributed by atoms with Crippen LogP contribution in [0.15, 0.2) is 40.2 Å². The number of benzene rings is 1. The maximum absolute atomic E-state index is 5.73. The molecular formula is C17H22BrNOS. The second-order valence-corrected chi connectivity index (χ2v) is 6.77. The normalized spacial score (nSPS) is 12.3. The fourth-order valence-corrected chi connectivity index (χ4v) is 3.49. The SMILES string of the molecule is CCCNC(c1ccc(OCCC)c(Br)c1)c1cccs1. The molecule has 0 bridgehead atoms. The highest BCUT2D eigenvalue weighted by Crippen LogP contribution is 2.32. The number of nitrogens with one attached hydrogen (secondary N) is 1. The number of rotatable bonds is 8. The lowest BCUT2D eigenvalue weighted by molar-refractivity contribution is 0.315. The van der Waals surface area contributed by atoms with Gasteiger partial charge in [-0.2, -0.15) is 0 Å². The van der Waals surface area contributed by atoms with Crippen molar-refractivity contribution >= 4 is 27.3 Å². The Morgan fingerprint density at radius 2 is 2.10 bits per heavy atom. The van der Waals surface area contributed by atoms with Crippen molar-refractivity contribution in [3.63, 3.8) is 0 Å². The second-order valence-electron chi connectivity index (χ2n) is 4.94. The van der Waals surface area contributed by atoms with Crippen LogP contribution in [0.25, 0.3) is 0 Å². The van der Waals surface area contributed by atoms with Gasteiger partial charge < -0.3 is 10.1 Å². The molecule has 1 N–H and O–H groups in total. The van der Waals surface area contributed by atoms with E-state index >= 15 is 0 Å². The van der Waals surface area contributed by atoms with Crippen molar-refractivity contribution in [2.24, 2.45) is 0 Å². The number of thiophene rings is 1. The molecule has 0 amide bonds. The molecule has 2 nitrogen and oxygen atoms in total. The molecule has 1 heterocycles. The first kappa shape index (κ1) is 16.5. The summed E-state index contributed by atoms with van der Waals surface area (Å²) >= 11 is 5.42. The van der Waals surface area contributed by atoms with E-state index in [4.69, 9.17) is 4.74 Å². The molecule has 0 aliphatic heterocycles. The third-order valence-corrected chi connectivity index (χ3v) is 4.73. The summed E-state index contributed by atoms with van der Waals surface area (Å²) in [5, 5.41) is 5.76. The number of ether oxygens (including phenoxy) is 1. The number of hydrogen-bond acceptors (Lipinski definition) is 3. The van der Waals surface area contributed by atoms with E-state index in [1.807, 2.05) is 0 Å². The summed E-state index contributed by atoms with van der Waals surface area (Å²) < 4.78 is 6.75. The Hall–Kier alpha value is -0.840. The predicted molar refractivity (Wildman–Crippen MR) is 94.4 cm³/mol. The quantitative estimate of drug-likeness (QED) is 0.675. The Morgan fingerprint density at radius 3 is 2.71 bits per heavy atom. The molecular weight excluding hydrogens is 346 g/mol. The van der Waals surface area contributed by atoms with Gasteiger partial charge in [0, 0.05) is 4.88 Å². The van der Waals surface area contributed by atoms with Gasteiger partial charge in [0.1, 0.15) is 5.75 Å². The Labute approximate surface area is 139 Å². The molecule has 2 rings (SSSR count). The van der Waals surface area contributed by atoms with Gasteiger partial charge in [-0.25, -0.2) is 0 Å². The van der Waals surface area contributed by atoms with E-state index in [1.165, 1.54) is 10.4 Å². The highest BCUT2D eigenvalue weighted by molar-refractivity contribution is 9.10. The Bertz CT molecular complexity index is 542. The van der Waals surface area contributed by atoms with E-state index in [1.54, 1.807) is 11.3 Å². The van der Waals surface area contributed by atoms with Crippen LogP contribution in [-0.2, 0) is 0 Å². The Morgan fingerprint density at radius 1 is 1.24 bits per heavy atom. The minimum absolute atomic E-state index is 0.251. The lowest BCUT2D eigenvalue weighted by Gasteiger charge is -2.19. The first-order valence-corrected chi connectivity index (χ1v) is 9.12. The molecule has 0 spiro atoms. The molecule has 21 heavy (non-hydrogen) atoms. The first-order chi connectivity index (χ1) is 10.3. The van der Waals surface area contributed by atoms with Crippen LogP contribution in [-0.4, -0.2) is 13.2 Å². The molecule has 4 heteroatoms. The van der Waals surface area contributed by atoms with Gasteiger partial charge >= 0.3 is 0 Å². The topological polar surface area (TPSA) is 21.3 Å². The third kappa shape index (κ3) is 4.56. The highest BCUT2D eigenvalue weighted by atomic mass is 79.9. The van der Waals surface area contributed by atoms with Crippen molar-refractivity contribution in [1.29, 1.82) is 0 Å². The fraction of sp³-hybridized carbons (Fsp3) is 0.412. The molecule has 1 unspecified atom stereocenters. The number of halogens is 1. The fourth-order valence-electron chi connectivity index (χ4n) is 2.15. The number of hydrogen-bond donors (Lipinski definition) is 1. The maximum atomic E-state index is 5.73. The smallest absolute Gasteiger partial charge is 0.133 e. The summed E-state index contributed by atoms with van der Waals surface area (Å²) in [5.74, 6) is 0.918. The molecule has 0 aliphatic carbocycles. The predicted octanol–water partition coefficient (Wildman–Crippen LogP) is 5.39. The standard InChI is InChI=1S/C17H22BrNOS/c1-3-9-19-17(16-6-5-11-21-16)13-7-8-15(14(18)12-13)20-10-4-2/h5-8,11-12,17,19H,3-4,9-10H2,1-2H3. The van der Waals surface area contributed by atoms with Gasteiger partial charge in [-0.15, -0.1) is 11.3 Å². The van der Waals surface area contributed by atoms with E-state index in [0.29, 0.717) is 0 Å². The first-order valence-electron chi connectivity index (χ1n) is 7.45. The molecule has 1 aromatic carbocycles. The molecule has 2 aromatic rings. The van der Waals surface area contributed by atoms with Crippen LogP contribution in [0.3, 0.4) is 0 Å². The summed E-state index contributed by atoms with van der Waals surface area (Å²) in [7, 11) is 0. The van der Waals surface area contributed by atoms with Crippen molar-refractivity contribution < 1.29 is 4.74 Å². The molecule has 1 aromatic heterocycles. The van der Waals surface area contributed by atoms with Crippen molar-refractivity contribution in [2.45, 2.75) is 32.7 Å². The van der Waals surface area contributed by atoms with E-state index in [-0.39, 0.29) is 6.04 Å². The molecule has 0 saturated carbocycles. The van der Waals surface area contributed by atoms with Gasteiger partial charge in [-0.05, 0) is 64.5 Å². The van der Waals surface area contributed by atoms with Crippen molar-refractivity contribution in [3.8, 4) is 5.75 Å². The second kappa shape index (κ2) is 8.57. The average molecular weight is 368 g/mol. The van der Waals surface area contributed by atoms with Gasteiger partial charge in [-0.3, -0.25) is 0 Å².